The highest BCUT2D eigenvalue weighted by Crippen LogP contribution is 2.34. The number of benzene rings is 1. The molecule has 0 aliphatic carbocycles. The summed E-state index contributed by atoms with van der Waals surface area (Å²) in [4.78, 5) is 18.3. The predicted molar refractivity (Wildman–Crippen MR) is 112 cm³/mol. The number of rotatable bonds is 8. The third kappa shape index (κ3) is 5.12. The number of imidazole rings is 1. The average molecular weight is 400 g/mol. The summed E-state index contributed by atoms with van der Waals surface area (Å²) in [7, 11) is 1.63. The molecule has 2 N–H and O–H groups in total. The van der Waals surface area contributed by atoms with Crippen LogP contribution in [0.2, 0.25) is 0 Å². The van der Waals surface area contributed by atoms with E-state index < -0.39 is 0 Å². The van der Waals surface area contributed by atoms with Crippen molar-refractivity contribution in [2.75, 3.05) is 51.9 Å². The number of aromatic amines is 1. The Labute approximate surface area is 170 Å². The number of methoxy groups -OCH3 is 1. The summed E-state index contributed by atoms with van der Waals surface area (Å²) in [5, 5.41) is 3.99. The van der Waals surface area contributed by atoms with Crippen LogP contribution < -0.4 is 14.8 Å². The first-order valence-electron chi connectivity index (χ1n) is 9.35. The summed E-state index contributed by atoms with van der Waals surface area (Å²) in [6, 6.07) is 3.77. The summed E-state index contributed by atoms with van der Waals surface area (Å²) in [5.41, 5.74) is 0.771. The van der Waals surface area contributed by atoms with Gasteiger partial charge in [-0.2, -0.15) is 0 Å². The Bertz CT molecular complexity index is 897. The van der Waals surface area contributed by atoms with E-state index in [1.54, 1.807) is 19.5 Å². The zero-order valence-electron chi connectivity index (χ0n) is 15.9. The van der Waals surface area contributed by atoms with Crippen LogP contribution >= 0.6 is 0 Å². The zero-order valence-corrected chi connectivity index (χ0v) is 15.9. The molecule has 1 aromatic carbocycles. The van der Waals surface area contributed by atoms with E-state index in [0.29, 0.717) is 29.9 Å². The van der Waals surface area contributed by atoms with Crippen LogP contribution in [-0.2, 0) is 4.74 Å². The number of anilines is 2. The summed E-state index contributed by atoms with van der Waals surface area (Å²) in [5.74, 6) is 2.59. The van der Waals surface area contributed by atoms with E-state index in [2.05, 4.69) is 30.2 Å². The molecule has 0 saturated carbocycles. The number of aromatic nitrogens is 4. The Balaban J connectivity index is 0.00000240. The molecule has 1 fully saturated rings. The molecule has 0 atom stereocenters. The van der Waals surface area contributed by atoms with Gasteiger partial charge in [-0.3, -0.25) is 4.90 Å². The lowest BCUT2D eigenvalue weighted by atomic mass is 10.2. The molecule has 1 saturated heterocycles. The molecular weight excluding hydrogens is 372 g/mol. The van der Waals surface area contributed by atoms with Crippen LogP contribution in [0.1, 0.15) is 13.8 Å². The Kier molecular flexibility index (Phi) is 7.20. The van der Waals surface area contributed by atoms with Crippen molar-refractivity contribution < 1.29 is 14.2 Å². The molecule has 0 unspecified atom stereocenters. The van der Waals surface area contributed by atoms with Crippen molar-refractivity contribution in [3.63, 3.8) is 0 Å². The number of fused-ring (bicyclic) bond motifs is 1. The fourth-order valence-electron chi connectivity index (χ4n) is 3.18. The van der Waals surface area contributed by atoms with Crippen molar-refractivity contribution in [2.45, 2.75) is 13.8 Å². The number of nitrogens with one attached hydrogen (secondary N) is 2. The van der Waals surface area contributed by atoms with Crippen LogP contribution in [0, 0.1) is 0 Å². The van der Waals surface area contributed by atoms with Crippen LogP contribution in [0.5, 0.6) is 11.5 Å². The minimum absolute atomic E-state index is 0. The van der Waals surface area contributed by atoms with E-state index in [9.17, 15) is 0 Å². The molecule has 3 heterocycles. The molecule has 1 aliphatic heterocycles. The topological polar surface area (TPSA) is 97.4 Å². The Morgan fingerprint density at radius 2 is 2.03 bits per heavy atom. The van der Waals surface area contributed by atoms with E-state index >= 15 is 0 Å². The van der Waals surface area contributed by atoms with Crippen LogP contribution in [0.15, 0.2) is 30.9 Å². The second-order valence-electron chi connectivity index (χ2n) is 6.46. The first kappa shape index (κ1) is 20.8. The monoisotopic (exact) mass is 400 g/mol. The van der Waals surface area contributed by atoms with Crippen molar-refractivity contribution in [2.24, 2.45) is 0 Å². The third-order valence-electron chi connectivity index (χ3n) is 4.64. The normalized spacial score (nSPS) is 14.4. The zero-order chi connectivity index (χ0) is 19.2. The number of nitrogens with zero attached hydrogens (tertiary/aromatic N) is 4. The Hall–Kier alpha value is -2.91. The van der Waals surface area contributed by atoms with Crippen LogP contribution in [-0.4, -0.2) is 71.4 Å². The molecule has 4 rings (SSSR count). The largest absolute Gasteiger partial charge is 0.493 e. The molecule has 9 nitrogen and oxygen atoms in total. The Morgan fingerprint density at radius 1 is 1.17 bits per heavy atom. The highest BCUT2D eigenvalue weighted by Gasteiger charge is 2.13. The first-order chi connectivity index (χ1) is 13.8. The smallest absolute Gasteiger partial charge is 0.205 e. The molecule has 0 bridgehead atoms. The van der Waals surface area contributed by atoms with Gasteiger partial charge in [0.25, 0.3) is 0 Å². The fraction of sp³-hybridized carbons (Fsp3) is 0.450. The van der Waals surface area contributed by atoms with Crippen molar-refractivity contribution in [3.05, 3.63) is 30.9 Å². The second-order valence-corrected chi connectivity index (χ2v) is 6.46. The lowest BCUT2D eigenvalue weighted by Crippen LogP contribution is -2.37. The van der Waals surface area contributed by atoms with Crippen LogP contribution in [0.3, 0.4) is 0 Å². The molecule has 3 aromatic rings. The lowest BCUT2D eigenvalue weighted by molar-refractivity contribution is 0.0357. The van der Waals surface area contributed by atoms with Crippen LogP contribution in [0.4, 0.5) is 11.8 Å². The van der Waals surface area contributed by atoms with E-state index in [-0.39, 0.29) is 7.43 Å². The second kappa shape index (κ2) is 10.0. The highest BCUT2D eigenvalue weighted by atomic mass is 16.5. The molecule has 0 amide bonds. The minimum Gasteiger partial charge on any atom is -0.493 e. The molecule has 29 heavy (non-hydrogen) atoms. The van der Waals surface area contributed by atoms with Gasteiger partial charge in [0.05, 0.1) is 32.4 Å². The third-order valence-corrected chi connectivity index (χ3v) is 4.64. The first-order valence-corrected chi connectivity index (χ1v) is 9.35. The number of morpholine rings is 1. The van der Waals surface area contributed by atoms with E-state index in [1.807, 2.05) is 12.1 Å². The highest BCUT2D eigenvalue weighted by molar-refractivity contribution is 5.92. The van der Waals surface area contributed by atoms with Gasteiger partial charge in [0.1, 0.15) is 12.1 Å². The Morgan fingerprint density at radius 3 is 2.79 bits per heavy atom. The maximum absolute atomic E-state index is 5.99. The number of H-pyrrole nitrogens is 1. The molecule has 2 aromatic heterocycles. The fourth-order valence-corrected chi connectivity index (χ4v) is 3.18. The van der Waals surface area contributed by atoms with Gasteiger partial charge in [-0.15, -0.1) is 0 Å². The summed E-state index contributed by atoms with van der Waals surface area (Å²) >= 11 is 0. The molecular formula is C20H28N6O3. The van der Waals surface area contributed by atoms with Crippen molar-refractivity contribution in [1.82, 2.24) is 24.8 Å². The van der Waals surface area contributed by atoms with Crippen molar-refractivity contribution in [3.8, 4) is 11.5 Å². The number of hydrogen-bond donors (Lipinski definition) is 2. The van der Waals surface area contributed by atoms with Gasteiger partial charge in [0.15, 0.2) is 11.5 Å². The van der Waals surface area contributed by atoms with E-state index in [4.69, 9.17) is 14.2 Å². The molecule has 1 aliphatic rings. The van der Waals surface area contributed by atoms with Crippen molar-refractivity contribution in [1.29, 1.82) is 0 Å². The van der Waals surface area contributed by atoms with Gasteiger partial charge in [0.2, 0.25) is 5.95 Å². The lowest BCUT2D eigenvalue weighted by Gasteiger charge is -2.26. The van der Waals surface area contributed by atoms with Gasteiger partial charge >= 0.3 is 0 Å². The molecule has 9 heteroatoms. The molecule has 0 spiro atoms. The standard InChI is InChI=1S/C19H24N6O3.CH4/c1-26-16-11-14-15(22-13-23-18(14)24-19-20-3-4-21-19)12-17(16)28-8-2-5-25-6-9-27-10-7-25;/h3-4,11-13H,2,5-10H2,1H3,(H2,20,21,22,23,24);1H4. The van der Waals surface area contributed by atoms with Gasteiger partial charge < -0.3 is 24.5 Å². The van der Waals surface area contributed by atoms with Gasteiger partial charge in [0, 0.05) is 43.5 Å². The maximum Gasteiger partial charge on any atom is 0.205 e. The SMILES string of the molecule is C.COc1cc2c(Nc3ncc[nH]3)ncnc2cc1OCCCN1CCOCC1. The van der Waals surface area contributed by atoms with Crippen molar-refractivity contribution >= 4 is 22.7 Å². The minimum atomic E-state index is 0. The van der Waals surface area contributed by atoms with Gasteiger partial charge in [-0.1, -0.05) is 7.43 Å². The number of ether oxygens (including phenoxy) is 3. The van der Waals surface area contributed by atoms with Crippen LogP contribution in [0.25, 0.3) is 10.9 Å². The van der Waals surface area contributed by atoms with Gasteiger partial charge in [-0.25, -0.2) is 15.0 Å². The quantitative estimate of drug-likeness (QED) is 0.557. The summed E-state index contributed by atoms with van der Waals surface area (Å²) in [6.45, 7) is 5.21. The average Bonchev–Trinajstić information content (AvgIpc) is 3.25. The predicted octanol–water partition coefficient (Wildman–Crippen LogP) is 2.84. The molecule has 156 valence electrons. The number of hydrogen-bond acceptors (Lipinski definition) is 8. The summed E-state index contributed by atoms with van der Waals surface area (Å²) < 4.78 is 16.9. The van der Waals surface area contributed by atoms with E-state index in [1.165, 1.54) is 6.33 Å². The summed E-state index contributed by atoms with van der Waals surface area (Å²) in [6.07, 6.45) is 5.88. The molecule has 0 radical (unpaired) electrons. The maximum atomic E-state index is 5.99. The van der Waals surface area contributed by atoms with E-state index in [0.717, 1.165) is 50.2 Å². The van der Waals surface area contributed by atoms with Gasteiger partial charge in [-0.05, 0) is 12.5 Å².